The number of nitrogens with zero attached hydrogens (tertiary/aromatic N) is 4. The number of fused-ring (bicyclic) bond motifs is 2. The molecule has 0 radical (unpaired) electrons. The van der Waals surface area contributed by atoms with Gasteiger partial charge in [0.25, 0.3) is 5.56 Å². The van der Waals surface area contributed by atoms with Gasteiger partial charge in [-0.2, -0.15) is 5.10 Å². The zero-order valence-corrected chi connectivity index (χ0v) is 15.2. The van der Waals surface area contributed by atoms with Crippen LogP contribution in [-0.4, -0.2) is 32.4 Å². The molecule has 0 bridgehead atoms. The maximum absolute atomic E-state index is 12.5. The van der Waals surface area contributed by atoms with Gasteiger partial charge in [0.15, 0.2) is 0 Å². The van der Waals surface area contributed by atoms with Gasteiger partial charge in [-0.15, -0.1) is 0 Å². The zero-order chi connectivity index (χ0) is 17.5. The molecular formula is C20H26N4O2. The summed E-state index contributed by atoms with van der Waals surface area (Å²) in [6.07, 6.45) is 9.97. The van der Waals surface area contributed by atoms with Crippen molar-refractivity contribution < 1.29 is 4.52 Å². The predicted molar refractivity (Wildman–Crippen MR) is 97.1 cm³/mol. The number of hydrogen-bond acceptors (Lipinski definition) is 5. The normalized spacial score (nSPS) is 22.5. The molecule has 0 spiro atoms. The molecule has 2 aromatic heterocycles. The van der Waals surface area contributed by atoms with Crippen molar-refractivity contribution in [3.05, 3.63) is 44.7 Å². The Morgan fingerprint density at radius 2 is 2.04 bits per heavy atom. The van der Waals surface area contributed by atoms with Gasteiger partial charge in [0.05, 0.1) is 12.2 Å². The van der Waals surface area contributed by atoms with Crippen molar-refractivity contribution in [1.82, 2.24) is 19.8 Å². The first-order chi connectivity index (χ1) is 12.8. The van der Waals surface area contributed by atoms with Crippen molar-refractivity contribution in [2.75, 3.05) is 6.54 Å². The number of hydrogen-bond donors (Lipinski definition) is 0. The summed E-state index contributed by atoms with van der Waals surface area (Å²) in [5.41, 5.74) is 4.79. The molecule has 0 N–H and O–H groups in total. The Bertz CT molecular complexity index is 869. The zero-order valence-electron chi connectivity index (χ0n) is 15.2. The third kappa shape index (κ3) is 2.90. The van der Waals surface area contributed by atoms with Crippen LogP contribution in [0, 0.1) is 0 Å². The molecule has 26 heavy (non-hydrogen) atoms. The highest BCUT2D eigenvalue weighted by Crippen LogP contribution is 2.28. The fourth-order valence-electron chi connectivity index (χ4n) is 4.85. The van der Waals surface area contributed by atoms with Crippen molar-refractivity contribution in [2.24, 2.45) is 0 Å². The standard InChI is InChI=1S/C20H26N4O2/c25-20-11-14-5-1-2-8-17(14)21-24(20)12-15-6-4-10-23(15)13-18-16-7-3-9-19(16)26-22-18/h11,15H,1-10,12-13H2. The molecular weight excluding hydrogens is 328 g/mol. The molecule has 5 rings (SSSR count). The van der Waals surface area contributed by atoms with Crippen LogP contribution in [0.15, 0.2) is 15.4 Å². The highest BCUT2D eigenvalue weighted by atomic mass is 16.5. The molecule has 1 unspecified atom stereocenters. The first-order valence-corrected chi connectivity index (χ1v) is 10.1. The van der Waals surface area contributed by atoms with Crippen LogP contribution in [-0.2, 0) is 38.8 Å². The smallest absolute Gasteiger partial charge is 0.267 e. The maximum Gasteiger partial charge on any atom is 0.267 e. The predicted octanol–water partition coefficient (Wildman–Crippen LogP) is 2.26. The van der Waals surface area contributed by atoms with Gasteiger partial charge in [-0.3, -0.25) is 9.69 Å². The maximum atomic E-state index is 12.5. The lowest BCUT2D eigenvalue weighted by atomic mass is 9.97. The van der Waals surface area contributed by atoms with E-state index >= 15 is 0 Å². The Balaban J connectivity index is 1.34. The minimum Gasteiger partial charge on any atom is -0.361 e. The Hall–Kier alpha value is -1.95. The molecule has 2 aliphatic carbocycles. The number of aromatic nitrogens is 3. The third-order valence-corrected chi connectivity index (χ3v) is 6.29. The molecule has 138 valence electrons. The molecule has 0 amide bonds. The fraction of sp³-hybridized carbons (Fsp3) is 0.650. The summed E-state index contributed by atoms with van der Waals surface area (Å²) >= 11 is 0. The van der Waals surface area contributed by atoms with Crippen LogP contribution < -0.4 is 5.56 Å². The van der Waals surface area contributed by atoms with Crippen molar-refractivity contribution in [3.63, 3.8) is 0 Å². The van der Waals surface area contributed by atoms with E-state index in [4.69, 9.17) is 9.62 Å². The summed E-state index contributed by atoms with van der Waals surface area (Å²) in [5, 5.41) is 9.03. The second-order valence-electron chi connectivity index (χ2n) is 7.99. The lowest BCUT2D eigenvalue weighted by molar-refractivity contribution is 0.209. The van der Waals surface area contributed by atoms with Gasteiger partial charge in [0.2, 0.25) is 0 Å². The highest BCUT2D eigenvalue weighted by molar-refractivity contribution is 5.27. The van der Waals surface area contributed by atoms with Gasteiger partial charge >= 0.3 is 0 Å². The van der Waals surface area contributed by atoms with Crippen LogP contribution in [0.2, 0.25) is 0 Å². The lowest BCUT2D eigenvalue weighted by Crippen LogP contribution is -2.37. The van der Waals surface area contributed by atoms with Crippen LogP contribution in [0.3, 0.4) is 0 Å². The minimum absolute atomic E-state index is 0.0554. The van der Waals surface area contributed by atoms with E-state index in [0.717, 1.165) is 62.3 Å². The molecule has 1 saturated heterocycles. The molecule has 6 nitrogen and oxygen atoms in total. The largest absolute Gasteiger partial charge is 0.361 e. The SMILES string of the molecule is O=c1cc2c(nn1CC1CCCN1Cc1noc3c1CCC3)CCCC2. The topological polar surface area (TPSA) is 64.2 Å². The van der Waals surface area contributed by atoms with Crippen LogP contribution in [0.1, 0.15) is 60.4 Å². The van der Waals surface area contributed by atoms with E-state index in [9.17, 15) is 4.79 Å². The molecule has 3 aliphatic rings. The Morgan fingerprint density at radius 1 is 1.12 bits per heavy atom. The molecule has 3 heterocycles. The molecule has 6 heteroatoms. The van der Waals surface area contributed by atoms with Crippen molar-refractivity contribution in [2.45, 2.75) is 76.9 Å². The lowest BCUT2D eigenvalue weighted by Gasteiger charge is -2.24. The first kappa shape index (κ1) is 16.2. The van der Waals surface area contributed by atoms with E-state index in [1.807, 2.05) is 6.07 Å². The summed E-state index contributed by atoms with van der Waals surface area (Å²) in [7, 11) is 0. The quantitative estimate of drug-likeness (QED) is 0.843. The van der Waals surface area contributed by atoms with E-state index in [2.05, 4.69) is 10.1 Å². The summed E-state index contributed by atoms with van der Waals surface area (Å²) in [6, 6.07) is 2.18. The number of aryl methyl sites for hydroxylation is 3. The van der Waals surface area contributed by atoms with Crippen LogP contribution >= 0.6 is 0 Å². The molecule has 0 aromatic carbocycles. The second-order valence-corrected chi connectivity index (χ2v) is 7.99. The van der Waals surface area contributed by atoms with E-state index in [0.29, 0.717) is 12.6 Å². The molecule has 1 fully saturated rings. The Morgan fingerprint density at radius 3 is 3.00 bits per heavy atom. The van der Waals surface area contributed by atoms with Gasteiger partial charge in [0.1, 0.15) is 11.5 Å². The van der Waals surface area contributed by atoms with Crippen molar-refractivity contribution >= 4 is 0 Å². The van der Waals surface area contributed by atoms with Crippen molar-refractivity contribution in [3.8, 4) is 0 Å². The van der Waals surface area contributed by atoms with Gasteiger partial charge in [0, 0.05) is 30.6 Å². The minimum atomic E-state index is 0.0554. The third-order valence-electron chi connectivity index (χ3n) is 6.29. The van der Waals surface area contributed by atoms with Crippen LogP contribution in [0.5, 0.6) is 0 Å². The summed E-state index contributed by atoms with van der Waals surface area (Å²) in [6.45, 7) is 2.58. The fourth-order valence-corrected chi connectivity index (χ4v) is 4.85. The monoisotopic (exact) mass is 354 g/mol. The van der Waals surface area contributed by atoms with Crippen LogP contribution in [0.25, 0.3) is 0 Å². The Labute approximate surface area is 153 Å². The van der Waals surface area contributed by atoms with Gasteiger partial charge < -0.3 is 4.52 Å². The van der Waals surface area contributed by atoms with E-state index in [1.54, 1.807) is 4.68 Å². The molecule has 2 aromatic rings. The van der Waals surface area contributed by atoms with E-state index < -0.39 is 0 Å². The average molecular weight is 354 g/mol. The van der Waals surface area contributed by atoms with Crippen molar-refractivity contribution in [1.29, 1.82) is 0 Å². The number of likely N-dealkylation sites (tertiary alicyclic amines) is 1. The van der Waals surface area contributed by atoms with E-state index in [-0.39, 0.29) is 5.56 Å². The van der Waals surface area contributed by atoms with E-state index in [1.165, 1.54) is 36.8 Å². The highest BCUT2D eigenvalue weighted by Gasteiger charge is 2.29. The molecule has 1 aliphatic heterocycles. The Kier molecular flexibility index (Phi) is 4.15. The van der Waals surface area contributed by atoms with Gasteiger partial charge in [-0.05, 0) is 63.5 Å². The molecule has 1 atom stereocenters. The van der Waals surface area contributed by atoms with Gasteiger partial charge in [-0.25, -0.2) is 4.68 Å². The molecule has 0 saturated carbocycles. The van der Waals surface area contributed by atoms with Crippen LogP contribution in [0.4, 0.5) is 0 Å². The summed E-state index contributed by atoms with van der Waals surface area (Å²) in [4.78, 5) is 15.0. The number of rotatable bonds is 4. The van der Waals surface area contributed by atoms with Gasteiger partial charge in [-0.1, -0.05) is 5.16 Å². The summed E-state index contributed by atoms with van der Waals surface area (Å²) in [5.74, 6) is 1.09. The first-order valence-electron chi connectivity index (χ1n) is 10.1. The summed E-state index contributed by atoms with van der Waals surface area (Å²) < 4.78 is 7.22. The second kappa shape index (κ2) is 6.65. The average Bonchev–Trinajstić information content (AvgIpc) is 3.35.